The highest BCUT2D eigenvalue weighted by molar-refractivity contribution is 5.95. The summed E-state index contributed by atoms with van der Waals surface area (Å²) in [7, 11) is 0. The van der Waals surface area contributed by atoms with Crippen molar-refractivity contribution in [1.29, 1.82) is 0 Å². The van der Waals surface area contributed by atoms with Gasteiger partial charge in [-0.25, -0.2) is 0 Å². The Morgan fingerprint density at radius 3 is 2.95 bits per heavy atom. The molecule has 0 radical (unpaired) electrons. The number of amides is 1. The monoisotopic (exact) mass is 260 g/mol. The van der Waals surface area contributed by atoms with Crippen molar-refractivity contribution in [3.05, 3.63) is 34.9 Å². The second-order valence-electron chi connectivity index (χ2n) is 5.71. The molecule has 1 aliphatic heterocycles. The molecule has 0 aliphatic carbocycles. The minimum Gasteiger partial charge on any atom is -0.350 e. The van der Waals surface area contributed by atoms with Gasteiger partial charge in [-0.3, -0.25) is 4.79 Å². The smallest absolute Gasteiger partial charge is 0.251 e. The maximum absolute atomic E-state index is 12.2. The van der Waals surface area contributed by atoms with Gasteiger partial charge in [0.15, 0.2) is 0 Å². The van der Waals surface area contributed by atoms with E-state index >= 15 is 0 Å². The van der Waals surface area contributed by atoms with Crippen LogP contribution in [-0.4, -0.2) is 25.0 Å². The van der Waals surface area contributed by atoms with Crippen molar-refractivity contribution in [2.75, 3.05) is 13.1 Å². The summed E-state index contributed by atoms with van der Waals surface area (Å²) in [5, 5.41) is 6.55. The van der Waals surface area contributed by atoms with E-state index in [1.54, 1.807) is 0 Å². The van der Waals surface area contributed by atoms with E-state index in [1.165, 1.54) is 12.8 Å². The van der Waals surface area contributed by atoms with Crippen LogP contribution in [0.25, 0.3) is 0 Å². The van der Waals surface area contributed by atoms with E-state index < -0.39 is 0 Å². The molecular weight excluding hydrogens is 236 g/mol. The SMILES string of the molecule is Cc1ccc(C)c(C(=O)NCC2NCCCC2C)c1. The Hall–Kier alpha value is -1.35. The minimum absolute atomic E-state index is 0.0424. The van der Waals surface area contributed by atoms with E-state index in [0.717, 1.165) is 23.2 Å². The molecule has 3 nitrogen and oxygen atoms in total. The Bertz CT molecular complexity index is 456. The number of piperidine rings is 1. The van der Waals surface area contributed by atoms with Crippen molar-refractivity contribution in [2.24, 2.45) is 5.92 Å². The zero-order valence-electron chi connectivity index (χ0n) is 12.1. The number of hydrogen-bond acceptors (Lipinski definition) is 2. The highest BCUT2D eigenvalue weighted by atomic mass is 16.1. The lowest BCUT2D eigenvalue weighted by atomic mass is 9.92. The maximum Gasteiger partial charge on any atom is 0.251 e. The van der Waals surface area contributed by atoms with Crippen molar-refractivity contribution in [3.63, 3.8) is 0 Å². The van der Waals surface area contributed by atoms with Gasteiger partial charge in [-0.05, 0) is 50.8 Å². The van der Waals surface area contributed by atoms with Gasteiger partial charge in [0.1, 0.15) is 0 Å². The summed E-state index contributed by atoms with van der Waals surface area (Å²) in [6.07, 6.45) is 2.49. The van der Waals surface area contributed by atoms with Crippen molar-refractivity contribution in [2.45, 2.75) is 39.7 Å². The van der Waals surface area contributed by atoms with Crippen molar-refractivity contribution >= 4 is 5.91 Å². The Kier molecular flexibility index (Phi) is 4.59. The first-order valence-corrected chi connectivity index (χ1v) is 7.17. The van der Waals surface area contributed by atoms with Crippen LogP contribution in [0, 0.1) is 19.8 Å². The molecule has 0 spiro atoms. The maximum atomic E-state index is 12.2. The Morgan fingerprint density at radius 1 is 1.42 bits per heavy atom. The number of hydrogen-bond donors (Lipinski definition) is 2. The molecule has 1 fully saturated rings. The summed E-state index contributed by atoms with van der Waals surface area (Å²) >= 11 is 0. The van der Waals surface area contributed by atoms with Gasteiger partial charge in [0.25, 0.3) is 5.91 Å². The number of benzene rings is 1. The minimum atomic E-state index is 0.0424. The van der Waals surface area contributed by atoms with Crippen molar-refractivity contribution in [1.82, 2.24) is 10.6 Å². The fourth-order valence-electron chi connectivity index (χ4n) is 2.67. The molecule has 104 valence electrons. The van der Waals surface area contributed by atoms with E-state index in [9.17, 15) is 4.79 Å². The second kappa shape index (κ2) is 6.20. The first kappa shape index (κ1) is 14.1. The molecule has 1 saturated heterocycles. The summed E-state index contributed by atoms with van der Waals surface area (Å²) in [6.45, 7) is 8.03. The molecule has 0 bridgehead atoms. The van der Waals surface area contributed by atoms with Crippen LogP contribution < -0.4 is 10.6 Å². The summed E-state index contributed by atoms with van der Waals surface area (Å²) in [4.78, 5) is 12.2. The summed E-state index contributed by atoms with van der Waals surface area (Å²) in [5.74, 6) is 0.674. The first-order chi connectivity index (χ1) is 9.08. The summed E-state index contributed by atoms with van der Waals surface area (Å²) in [6, 6.07) is 6.41. The zero-order valence-corrected chi connectivity index (χ0v) is 12.1. The third-order valence-electron chi connectivity index (χ3n) is 4.05. The molecular formula is C16H24N2O. The van der Waals surface area contributed by atoms with Gasteiger partial charge in [-0.2, -0.15) is 0 Å². The second-order valence-corrected chi connectivity index (χ2v) is 5.71. The molecule has 1 aliphatic rings. The molecule has 2 rings (SSSR count). The summed E-state index contributed by atoms with van der Waals surface area (Å²) < 4.78 is 0. The van der Waals surface area contributed by atoms with E-state index in [-0.39, 0.29) is 5.91 Å². The number of carbonyl (C=O) groups is 1. The normalized spacial score (nSPS) is 23.1. The van der Waals surface area contributed by atoms with Crippen LogP contribution >= 0.6 is 0 Å². The lowest BCUT2D eigenvalue weighted by Gasteiger charge is -2.30. The fraction of sp³-hybridized carbons (Fsp3) is 0.562. The van der Waals surface area contributed by atoms with Crippen LogP contribution in [0.2, 0.25) is 0 Å². The van der Waals surface area contributed by atoms with Gasteiger partial charge in [-0.15, -0.1) is 0 Å². The van der Waals surface area contributed by atoms with Crippen molar-refractivity contribution < 1.29 is 4.79 Å². The van der Waals surface area contributed by atoms with Crippen LogP contribution in [0.5, 0.6) is 0 Å². The molecule has 0 saturated carbocycles. The van der Waals surface area contributed by atoms with Crippen LogP contribution in [0.3, 0.4) is 0 Å². The van der Waals surface area contributed by atoms with Gasteiger partial charge in [0, 0.05) is 18.2 Å². The highest BCUT2D eigenvalue weighted by Gasteiger charge is 2.21. The summed E-state index contributed by atoms with van der Waals surface area (Å²) in [5.41, 5.74) is 2.95. The third-order valence-corrected chi connectivity index (χ3v) is 4.05. The van der Waals surface area contributed by atoms with Crippen LogP contribution in [-0.2, 0) is 0 Å². The largest absolute Gasteiger partial charge is 0.350 e. The van der Waals surface area contributed by atoms with E-state index in [2.05, 4.69) is 17.6 Å². The topological polar surface area (TPSA) is 41.1 Å². The number of nitrogens with one attached hydrogen (secondary N) is 2. The molecule has 19 heavy (non-hydrogen) atoms. The van der Waals surface area contributed by atoms with Crippen LogP contribution in [0.15, 0.2) is 18.2 Å². The van der Waals surface area contributed by atoms with E-state index in [1.807, 2.05) is 32.0 Å². The molecule has 1 amide bonds. The van der Waals surface area contributed by atoms with E-state index in [0.29, 0.717) is 18.5 Å². The van der Waals surface area contributed by atoms with Gasteiger partial charge in [0.05, 0.1) is 0 Å². The molecule has 2 N–H and O–H groups in total. The van der Waals surface area contributed by atoms with Gasteiger partial charge in [-0.1, -0.05) is 24.6 Å². The van der Waals surface area contributed by atoms with Gasteiger partial charge < -0.3 is 10.6 Å². The Morgan fingerprint density at radius 2 is 2.21 bits per heavy atom. The molecule has 3 heteroatoms. The number of carbonyl (C=O) groups excluding carboxylic acids is 1. The molecule has 1 aromatic carbocycles. The quantitative estimate of drug-likeness (QED) is 0.876. The van der Waals surface area contributed by atoms with E-state index in [4.69, 9.17) is 0 Å². The molecule has 2 unspecified atom stereocenters. The van der Waals surface area contributed by atoms with Crippen molar-refractivity contribution in [3.8, 4) is 0 Å². The molecule has 1 heterocycles. The molecule has 1 aromatic rings. The first-order valence-electron chi connectivity index (χ1n) is 7.17. The Balaban J connectivity index is 1.95. The fourth-order valence-corrected chi connectivity index (χ4v) is 2.67. The van der Waals surface area contributed by atoms with Crippen LogP contribution in [0.1, 0.15) is 41.3 Å². The number of rotatable bonds is 3. The van der Waals surface area contributed by atoms with Crippen LogP contribution in [0.4, 0.5) is 0 Å². The third kappa shape index (κ3) is 3.57. The highest BCUT2D eigenvalue weighted by Crippen LogP contribution is 2.15. The standard InChI is InChI=1S/C16H24N2O/c1-11-6-7-12(2)14(9-11)16(19)18-10-15-13(3)5-4-8-17-15/h6-7,9,13,15,17H,4-5,8,10H2,1-3H3,(H,18,19). The predicted octanol–water partition coefficient (Wildman–Crippen LogP) is 2.42. The Labute approximate surface area is 115 Å². The van der Waals surface area contributed by atoms with Gasteiger partial charge in [0.2, 0.25) is 0 Å². The molecule has 0 aromatic heterocycles. The average molecular weight is 260 g/mol. The zero-order chi connectivity index (χ0) is 13.8. The van der Waals surface area contributed by atoms with Gasteiger partial charge >= 0.3 is 0 Å². The lowest BCUT2D eigenvalue weighted by Crippen LogP contribution is -2.47. The molecule has 2 atom stereocenters. The average Bonchev–Trinajstić information content (AvgIpc) is 2.40. The predicted molar refractivity (Wildman–Crippen MR) is 78.4 cm³/mol. The lowest BCUT2D eigenvalue weighted by molar-refractivity contribution is 0.0943. The number of aryl methyl sites for hydroxylation is 2.